The average molecular weight is 308 g/mol. The van der Waals surface area contributed by atoms with Crippen LogP contribution in [0, 0.1) is 5.92 Å². The van der Waals surface area contributed by atoms with Gasteiger partial charge < -0.3 is 0 Å². The number of benzene rings is 1. The molecule has 0 spiro atoms. The minimum Gasteiger partial charge on any atom is -0.207 e. The van der Waals surface area contributed by atoms with Crippen molar-refractivity contribution in [1.82, 2.24) is 4.31 Å². The third-order valence-electron chi connectivity index (χ3n) is 3.41. The van der Waals surface area contributed by atoms with Crippen molar-refractivity contribution in [2.75, 3.05) is 12.4 Å². The van der Waals surface area contributed by atoms with Gasteiger partial charge in [-0.15, -0.1) is 11.6 Å². The number of sulfonamides is 1. The highest BCUT2D eigenvalue weighted by molar-refractivity contribution is 7.89. The number of alkyl halides is 1. The van der Waals surface area contributed by atoms with E-state index in [-0.39, 0.29) is 21.9 Å². The minimum atomic E-state index is -3.55. The monoisotopic (exact) mass is 307 g/mol. The van der Waals surface area contributed by atoms with Crippen molar-refractivity contribution in [1.29, 1.82) is 0 Å². The lowest BCUT2D eigenvalue weighted by molar-refractivity contribution is 0.375. The highest BCUT2D eigenvalue weighted by Crippen LogP contribution is 2.33. The normalized spacial score (nSPS) is 25.5. The Kier molecular flexibility index (Phi) is 4.22. The molecule has 0 radical (unpaired) electrons. The predicted molar refractivity (Wildman–Crippen MR) is 73.6 cm³/mol. The summed E-state index contributed by atoms with van der Waals surface area (Å²) in [5, 5.41) is 0.255. The van der Waals surface area contributed by atoms with Gasteiger partial charge in [0.25, 0.3) is 0 Å². The van der Waals surface area contributed by atoms with Crippen LogP contribution in [0.1, 0.15) is 13.3 Å². The van der Waals surface area contributed by atoms with Crippen molar-refractivity contribution in [3.63, 3.8) is 0 Å². The van der Waals surface area contributed by atoms with Gasteiger partial charge >= 0.3 is 0 Å². The maximum Gasteiger partial charge on any atom is 0.244 e. The number of rotatable bonds is 3. The van der Waals surface area contributed by atoms with Gasteiger partial charge in [-0.1, -0.05) is 30.7 Å². The fourth-order valence-electron chi connectivity index (χ4n) is 2.28. The largest absolute Gasteiger partial charge is 0.244 e. The minimum absolute atomic E-state index is 0.145. The summed E-state index contributed by atoms with van der Waals surface area (Å²) >= 11 is 11.9. The molecule has 0 aromatic heterocycles. The molecule has 1 aliphatic heterocycles. The zero-order valence-electron chi connectivity index (χ0n) is 10.0. The van der Waals surface area contributed by atoms with Crippen molar-refractivity contribution in [3.05, 3.63) is 29.3 Å². The molecule has 1 fully saturated rings. The van der Waals surface area contributed by atoms with E-state index in [4.69, 9.17) is 23.2 Å². The van der Waals surface area contributed by atoms with Crippen LogP contribution in [0.4, 0.5) is 0 Å². The molecule has 0 amide bonds. The second kappa shape index (κ2) is 5.37. The lowest BCUT2D eigenvalue weighted by atomic mass is 10.1. The van der Waals surface area contributed by atoms with Crippen LogP contribution in [0.15, 0.2) is 29.2 Å². The smallest absolute Gasteiger partial charge is 0.207 e. The molecule has 100 valence electrons. The fraction of sp³-hybridized carbons (Fsp3) is 0.500. The van der Waals surface area contributed by atoms with E-state index < -0.39 is 10.0 Å². The Bertz CT molecular complexity index is 533. The van der Waals surface area contributed by atoms with Crippen LogP contribution >= 0.6 is 23.2 Å². The summed E-state index contributed by atoms with van der Waals surface area (Å²) in [4.78, 5) is 0.163. The van der Waals surface area contributed by atoms with Crippen molar-refractivity contribution >= 4 is 33.2 Å². The Morgan fingerprint density at radius 2 is 2.06 bits per heavy atom. The highest BCUT2D eigenvalue weighted by Gasteiger charge is 2.39. The third kappa shape index (κ3) is 2.39. The van der Waals surface area contributed by atoms with Gasteiger partial charge in [0.15, 0.2) is 0 Å². The van der Waals surface area contributed by atoms with Crippen LogP contribution in [0.3, 0.4) is 0 Å². The first kappa shape index (κ1) is 14.1. The van der Waals surface area contributed by atoms with E-state index in [1.165, 1.54) is 10.4 Å². The molecular weight excluding hydrogens is 293 g/mol. The van der Waals surface area contributed by atoms with Crippen molar-refractivity contribution in [2.24, 2.45) is 5.92 Å². The molecular formula is C12H15Cl2NO2S. The summed E-state index contributed by atoms with van der Waals surface area (Å²) in [6, 6.07) is 6.37. The molecule has 18 heavy (non-hydrogen) atoms. The zero-order valence-corrected chi connectivity index (χ0v) is 12.3. The van der Waals surface area contributed by atoms with Gasteiger partial charge in [0.05, 0.1) is 5.02 Å². The maximum atomic E-state index is 12.6. The third-order valence-corrected chi connectivity index (χ3v) is 6.15. The second-order valence-corrected chi connectivity index (χ2v) is 7.11. The second-order valence-electron chi connectivity index (χ2n) is 4.53. The van der Waals surface area contributed by atoms with Crippen LogP contribution in [0.5, 0.6) is 0 Å². The standard InChI is InChI=1S/C12H15Cl2NO2S/c1-9-6-7-15(11(9)8-13)18(16,17)12-5-3-2-4-10(12)14/h2-5,9,11H,6-8H2,1H3. The number of nitrogens with zero attached hydrogens (tertiary/aromatic N) is 1. The van der Waals surface area contributed by atoms with E-state index in [1.54, 1.807) is 18.2 Å². The Balaban J connectivity index is 2.41. The molecule has 0 saturated carbocycles. The molecule has 0 aliphatic carbocycles. The van der Waals surface area contributed by atoms with Crippen molar-refractivity contribution in [2.45, 2.75) is 24.3 Å². The summed E-state index contributed by atoms with van der Waals surface area (Å²) in [7, 11) is -3.55. The summed E-state index contributed by atoms with van der Waals surface area (Å²) in [5.74, 6) is 0.588. The number of hydrogen-bond acceptors (Lipinski definition) is 2. The first-order valence-electron chi connectivity index (χ1n) is 5.81. The predicted octanol–water partition coefficient (Wildman–Crippen LogP) is 2.98. The van der Waals surface area contributed by atoms with E-state index in [1.807, 2.05) is 6.92 Å². The topological polar surface area (TPSA) is 37.4 Å². The molecule has 0 N–H and O–H groups in total. The summed E-state index contributed by atoms with van der Waals surface area (Å²) in [5.41, 5.74) is 0. The van der Waals surface area contributed by atoms with Gasteiger partial charge in [0.2, 0.25) is 10.0 Å². The van der Waals surface area contributed by atoms with Crippen LogP contribution in [0.25, 0.3) is 0 Å². The Labute approximate surface area is 118 Å². The summed E-state index contributed by atoms with van der Waals surface area (Å²) in [6.45, 7) is 2.53. The first-order valence-corrected chi connectivity index (χ1v) is 8.16. The van der Waals surface area contributed by atoms with E-state index >= 15 is 0 Å². The summed E-state index contributed by atoms with van der Waals surface area (Å²) < 4.78 is 26.6. The summed E-state index contributed by atoms with van der Waals surface area (Å²) in [6.07, 6.45) is 0.834. The van der Waals surface area contributed by atoms with Crippen LogP contribution < -0.4 is 0 Å². The fourth-order valence-corrected chi connectivity index (χ4v) is 5.06. The maximum absolute atomic E-state index is 12.6. The molecule has 2 rings (SSSR count). The van der Waals surface area contributed by atoms with Crippen molar-refractivity contribution in [3.8, 4) is 0 Å². The number of halogens is 2. The van der Waals surface area contributed by atoms with E-state index in [9.17, 15) is 8.42 Å². The van der Waals surface area contributed by atoms with Gasteiger partial charge in [0, 0.05) is 18.5 Å². The van der Waals surface area contributed by atoms with Gasteiger partial charge in [-0.25, -0.2) is 8.42 Å². The van der Waals surface area contributed by atoms with Crippen molar-refractivity contribution < 1.29 is 8.42 Å². The molecule has 1 aromatic rings. The van der Waals surface area contributed by atoms with Crippen LogP contribution in [-0.2, 0) is 10.0 Å². The van der Waals surface area contributed by atoms with E-state index in [2.05, 4.69) is 0 Å². The lowest BCUT2D eigenvalue weighted by Crippen LogP contribution is -2.38. The zero-order chi connectivity index (χ0) is 13.3. The molecule has 1 aliphatic rings. The van der Waals surface area contributed by atoms with E-state index in [0.29, 0.717) is 12.4 Å². The van der Waals surface area contributed by atoms with E-state index in [0.717, 1.165) is 6.42 Å². The molecule has 2 atom stereocenters. The molecule has 6 heteroatoms. The lowest BCUT2D eigenvalue weighted by Gasteiger charge is -2.24. The molecule has 3 nitrogen and oxygen atoms in total. The van der Waals surface area contributed by atoms with Crippen LogP contribution in [-0.4, -0.2) is 31.2 Å². The first-order chi connectivity index (χ1) is 8.48. The quantitative estimate of drug-likeness (QED) is 0.805. The van der Waals surface area contributed by atoms with Crippen LogP contribution in [0.2, 0.25) is 5.02 Å². The van der Waals surface area contributed by atoms with Gasteiger partial charge in [-0.3, -0.25) is 0 Å². The molecule has 0 bridgehead atoms. The SMILES string of the molecule is CC1CCN(S(=O)(=O)c2ccccc2Cl)C1CCl. The average Bonchev–Trinajstić information content (AvgIpc) is 2.71. The molecule has 1 heterocycles. The Morgan fingerprint density at radius 1 is 1.39 bits per heavy atom. The van der Waals surface area contributed by atoms with Gasteiger partial charge in [0.1, 0.15) is 4.90 Å². The highest BCUT2D eigenvalue weighted by atomic mass is 35.5. The Hall–Kier alpha value is -0.290. The number of hydrogen-bond donors (Lipinski definition) is 0. The molecule has 2 unspecified atom stereocenters. The molecule has 1 saturated heterocycles. The Morgan fingerprint density at radius 3 is 2.67 bits per heavy atom. The van der Waals surface area contributed by atoms with Gasteiger partial charge in [-0.05, 0) is 24.5 Å². The van der Waals surface area contributed by atoms with Gasteiger partial charge in [-0.2, -0.15) is 4.31 Å². The molecule has 1 aromatic carbocycles.